The predicted molar refractivity (Wildman–Crippen MR) is 76.5 cm³/mol. The highest BCUT2D eigenvalue weighted by Gasteiger charge is 2.05. The van der Waals surface area contributed by atoms with Crippen molar-refractivity contribution in [2.45, 2.75) is 18.7 Å². The van der Waals surface area contributed by atoms with E-state index in [1.54, 1.807) is 0 Å². The number of alkyl halides is 1. The molecule has 0 saturated heterocycles. The molecule has 0 saturated carbocycles. The van der Waals surface area contributed by atoms with Crippen LogP contribution in [0.15, 0.2) is 54.6 Å². The molecular formula is C16H17ClO. The van der Waals surface area contributed by atoms with Gasteiger partial charge in [-0.15, -0.1) is 11.6 Å². The lowest BCUT2D eigenvalue weighted by molar-refractivity contribution is 0.317. The van der Waals surface area contributed by atoms with E-state index in [4.69, 9.17) is 16.3 Å². The van der Waals surface area contributed by atoms with Crippen molar-refractivity contribution >= 4 is 11.6 Å². The summed E-state index contributed by atoms with van der Waals surface area (Å²) in [7, 11) is 0. The van der Waals surface area contributed by atoms with E-state index >= 15 is 0 Å². The quantitative estimate of drug-likeness (QED) is 0.729. The summed E-state index contributed by atoms with van der Waals surface area (Å²) in [4.78, 5) is 0. The van der Waals surface area contributed by atoms with Crippen molar-refractivity contribution in [3.05, 3.63) is 65.7 Å². The zero-order valence-electron chi connectivity index (χ0n) is 10.5. The molecule has 0 spiro atoms. The number of ether oxygens (including phenoxy) is 1. The summed E-state index contributed by atoms with van der Waals surface area (Å²) < 4.78 is 5.74. The van der Waals surface area contributed by atoms with E-state index in [1.807, 2.05) is 31.2 Å². The Morgan fingerprint density at radius 2 is 1.67 bits per heavy atom. The van der Waals surface area contributed by atoms with E-state index in [2.05, 4.69) is 30.3 Å². The number of hydrogen-bond donors (Lipinski definition) is 0. The van der Waals surface area contributed by atoms with Crippen LogP contribution in [-0.4, -0.2) is 12.0 Å². The molecule has 2 aromatic rings. The van der Waals surface area contributed by atoms with Crippen molar-refractivity contribution < 1.29 is 4.74 Å². The van der Waals surface area contributed by atoms with Crippen LogP contribution in [0, 0.1) is 0 Å². The Morgan fingerprint density at radius 3 is 2.39 bits per heavy atom. The summed E-state index contributed by atoms with van der Waals surface area (Å²) in [5.41, 5.74) is 2.48. The highest BCUT2D eigenvalue weighted by atomic mass is 35.5. The van der Waals surface area contributed by atoms with E-state index < -0.39 is 0 Å². The molecule has 0 aliphatic rings. The van der Waals surface area contributed by atoms with Crippen molar-refractivity contribution in [3.63, 3.8) is 0 Å². The first kappa shape index (κ1) is 13.0. The lowest BCUT2D eigenvalue weighted by Gasteiger charge is -2.12. The monoisotopic (exact) mass is 260 g/mol. The maximum Gasteiger partial charge on any atom is 0.122 e. The van der Waals surface area contributed by atoms with Gasteiger partial charge in [-0.1, -0.05) is 48.5 Å². The summed E-state index contributed by atoms with van der Waals surface area (Å²) >= 11 is 5.92. The average molecular weight is 261 g/mol. The van der Waals surface area contributed by atoms with Crippen LogP contribution >= 0.6 is 11.6 Å². The SMILES string of the molecule is CC(Cl)COc1ccccc1Cc1ccccc1. The first-order valence-electron chi connectivity index (χ1n) is 6.14. The molecule has 2 heteroatoms. The lowest BCUT2D eigenvalue weighted by atomic mass is 10.0. The fraction of sp³-hybridized carbons (Fsp3) is 0.250. The minimum absolute atomic E-state index is 0.0229. The maximum atomic E-state index is 5.92. The van der Waals surface area contributed by atoms with E-state index in [0.717, 1.165) is 12.2 Å². The van der Waals surface area contributed by atoms with Gasteiger partial charge in [0.2, 0.25) is 0 Å². The van der Waals surface area contributed by atoms with Gasteiger partial charge in [-0.05, 0) is 24.1 Å². The fourth-order valence-corrected chi connectivity index (χ4v) is 1.87. The Labute approximate surface area is 113 Å². The van der Waals surface area contributed by atoms with E-state index in [-0.39, 0.29) is 5.38 Å². The molecule has 0 N–H and O–H groups in total. The summed E-state index contributed by atoms with van der Waals surface area (Å²) in [6.07, 6.45) is 0.883. The first-order chi connectivity index (χ1) is 8.75. The number of hydrogen-bond acceptors (Lipinski definition) is 1. The Kier molecular flexibility index (Phi) is 4.66. The van der Waals surface area contributed by atoms with Crippen LogP contribution < -0.4 is 4.74 Å². The smallest absolute Gasteiger partial charge is 0.122 e. The molecule has 2 aromatic carbocycles. The van der Waals surface area contributed by atoms with Crippen LogP contribution in [-0.2, 0) is 6.42 Å². The number of benzene rings is 2. The van der Waals surface area contributed by atoms with Gasteiger partial charge in [-0.3, -0.25) is 0 Å². The largest absolute Gasteiger partial charge is 0.492 e. The second kappa shape index (κ2) is 6.46. The highest BCUT2D eigenvalue weighted by molar-refractivity contribution is 6.20. The molecule has 0 amide bonds. The number of para-hydroxylation sites is 1. The van der Waals surface area contributed by atoms with Crippen LogP contribution in [0.4, 0.5) is 0 Å². The van der Waals surface area contributed by atoms with Gasteiger partial charge in [-0.2, -0.15) is 0 Å². The number of halogens is 1. The van der Waals surface area contributed by atoms with E-state index in [0.29, 0.717) is 6.61 Å². The summed E-state index contributed by atoms with van der Waals surface area (Å²) in [5, 5.41) is 0.0229. The van der Waals surface area contributed by atoms with Gasteiger partial charge in [0.15, 0.2) is 0 Å². The van der Waals surface area contributed by atoms with Gasteiger partial charge < -0.3 is 4.74 Å². The minimum atomic E-state index is 0.0229. The average Bonchev–Trinajstić information content (AvgIpc) is 2.39. The van der Waals surface area contributed by atoms with Crippen molar-refractivity contribution in [2.24, 2.45) is 0 Å². The highest BCUT2D eigenvalue weighted by Crippen LogP contribution is 2.21. The van der Waals surface area contributed by atoms with Gasteiger partial charge in [-0.25, -0.2) is 0 Å². The van der Waals surface area contributed by atoms with Crippen LogP contribution in [0.3, 0.4) is 0 Å². The zero-order chi connectivity index (χ0) is 12.8. The zero-order valence-corrected chi connectivity index (χ0v) is 11.2. The lowest BCUT2D eigenvalue weighted by Crippen LogP contribution is -2.08. The summed E-state index contributed by atoms with van der Waals surface area (Å²) in [6.45, 7) is 2.47. The van der Waals surface area contributed by atoms with Gasteiger partial charge in [0, 0.05) is 6.42 Å². The van der Waals surface area contributed by atoms with Crippen LogP contribution in [0.1, 0.15) is 18.1 Å². The third kappa shape index (κ3) is 3.78. The predicted octanol–water partition coefficient (Wildman–Crippen LogP) is 4.28. The molecule has 0 aromatic heterocycles. The fourth-order valence-electron chi connectivity index (χ4n) is 1.81. The topological polar surface area (TPSA) is 9.23 Å². The minimum Gasteiger partial charge on any atom is -0.492 e. The van der Waals surface area contributed by atoms with Crippen LogP contribution in [0.2, 0.25) is 0 Å². The Bertz CT molecular complexity index is 479. The molecule has 1 atom stereocenters. The maximum absolute atomic E-state index is 5.92. The van der Waals surface area contributed by atoms with Crippen molar-refractivity contribution in [3.8, 4) is 5.75 Å². The third-order valence-corrected chi connectivity index (χ3v) is 2.80. The van der Waals surface area contributed by atoms with Crippen molar-refractivity contribution in [2.75, 3.05) is 6.61 Å². The second-order valence-corrected chi connectivity index (χ2v) is 5.11. The number of rotatable bonds is 5. The van der Waals surface area contributed by atoms with E-state index in [1.165, 1.54) is 11.1 Å². The summed E-state index contributed by atoms with van der Waals surface area (Å²) in [5.74, 6) is 0.925. The second-order valence-electron chi connectivity index (χ2n) is 4.36. The molecule has 18 heavy (non-hydrogen) atoms. The molecule has 0 aliphatic heterocycles. The standard InChI is InChI=1S/C16H17ClO/c1-13(17)12-18-16-10-6-5-9-15(16)11-14-7-3-2-4-8-14/h2-10,13H,11-12H2,1H3. The Morgan fingerprint density at radius 1 is 1.00 bits per heavy atom. The molecule has 0 aliphatic carbocycles. The molecule has 0 fully saturated rings. The summed E-state index contributed by atoms with van der Waals surface area (Å²) in [6, 6.07) is 18.5. The molecule has 1 nitrogen and oxygen atoms in total. The Balaban J connectivity index is 2.12. The van der Waals surface area contributed by atoms with Crippen molar-refractivity contribution in [1.29, 1.82) is 0 Å². The van der Waals surface area contributed by atoms with Crippen molar-refractivity contribution in [1.82, 2.24) is 0 Å². The molecule has 94 valence electrons. The molecular weight excluding hydrogens is 244 g/mol. The molecule has 0 bridgehead atoms. The van der Waals surface area contributed by atoms with Gasteiger partial charge >= 0.3 is 0 Å². The van der Waals surface area contributed by atoms with E-state index in [9.17, 15) is 0 Å². The first-order valence-corrected chi connectivity index (χ1v) is 6.58. The molecule has 2 rings (SSSR count). The van der Waals surface area contributed by atoms with Crippen LogP contribution in [0.5, 0.6) is 5.75 Å². The third-order valence-electron chi connectivity index (χ3n) is 2.68. The molecule has 0 radical (unpaired) electrons. The van der Waals surface area contributed by atoms with Gasteiger partial charge in [0.05, 0.1) is 5.38 Å². The normalized spacial score (nSPS) is 12.1. The van der Waals surface area contributed by atoms with Gasteiger partial charge in [0.25, 0.3) is 0 Å². The molecule has 1 unspecified atom stereocenters. The van der Waals surface area contributed by atoms with Crippen LogP contribution in [0.25, 0.3) is 0 Å². The molecule has 0 heterocycles. The van der Waals surface area contributed by atoms with Gasteiger partial charge in [0.1, 0.15) is 12.4 Å². The Hall–Kier alpha value is -1.47.